The standard InChI is InChI=1S/C48H82NO11P/c1-8-10-12-13-16-22-28-42(50)29-23-19-20-24-30-43(51)31-27-35-47(52)56-38-44(39-58-61(54,55)57-37-36-49(5,6)7)59-48(53)34-26-18-15-14-17-25-33-46-41(4)40(3)45(60-46)32-21-11-9-2/h16,19-20,22-24,29-30,42-44,50-51H,8-15,17-18,21,25-28,31-39H2,1-7H3/b20-19+,22-16-,29-23+,30-24-/t42-,43-,44-/m1/s1. The Bertz CT molecular complexity index is 1490. The highest BCUT2D eigenvalue weighted by Gasteiger charge is 2.22. The van der Waals surface area contributed by atoms with Crippen molar-refractivity contribution in [1.82, 2.24) is 0 Å². The number of hydrogen-bond donors (Lipinski definition) is 2. The number of esters is 2. The molecule has 0 aromatic carbocycles. The normalized spacial score (nSPS) is 15.0. The van der Waals surface area contributed by atoms with Gasteiger partial charge in [-0.3, -0.25) is 14.2 Å². The molecule has 4 atom stereocenters. The lowest BCUT2D eigenvalue weighted by atomic mass is 10.0. The molecule has 1 aromatic heterocycles. The number of unbranched alkanes of at least 4 members (excludes halogenated alkanes) is 10. The predicted octanol–water partition coefficient (Wildman–Crippen LogP) is 9.65. The van der Waals surface area contributed by atoms with Crippen molar-refractivity contribution in [1.29, 1.82) is 0 Å². The van der Waals surface area contributed by atoms with Crippen molar-refractivity contribution < 1.29 is 56.7 Å². The van der Waals surface area contributed by atoms with Crippen LogP contribution in [0.3, 0.4) is 0 Å². The van der Waals surface area contributed by atoms with E-state index in [1.165, 1.54) is 43.2 Å². The number of aliphatic hydroxyl groups excluding tert-OH is 2. The Morgan fingerprint density at radius 2 is 1.30 bits per heavy atom. The van der Waals surface area contributed by atoms with Crippen LogP contribution in [0, 0.1) is 13.8 Å². The van der Waals surface area contributed by atoms with Crippen molar-refractivity contribution in [2.75, 3.05) is 47.5 Å². The van der Waals surface area contributed by atoms with Gasteiger partial charge in [0.25, 0.3) is 7.82 Å². The maximum Gasteiger partial charge on any atom is 0.306 e. The summed E-state index contributed by atoms with van der Waals surface area (Å²) in [6.07, 6.45) is 29.0. The fraction of sp³-hybridized carbons (Fsp3) is 0.708. The first kappa shape index (κ1) is 56.2. The van der Waals surface area contributed by atoms with E-state index in [2.05, 4.69) is 33.8 Å². The average molecular weight is 880 g/mol. The second-order valence-corrected chi connectivity index (χ2v) is 18.5. The highest BCUT2D eigenvalue weighted by atomic mass is 31.2. The number of phosphoric acid groups is 1. The van der Waals surface area contributed by atoms with Gasteiger partial charge in [0.15, 0.2) is 6.10 Å². The van der Waals surface area contributed by atoms with Crippen LogP contribution in [-0.2, 0) is 45.5 Å². The van der Waals surface area contributed by atoms with E-state index in [0.29, 0.717) is 36.7 Å². The summed E-state index contributed by atoms with van der Waals surface area (Å²) in [4.78, 5) is 37.7. The molecule has 0 saturated carbocycles. The number of phosphoric ester groups is 1. The molecule has 2 N–H and O–H groups in total. The van der Waals surface area contributed by atoms with Gasteiger partial charge in [-0.25, -0.2) is 0 Å². The predicted molar refractivity (Wildman–Crippen MR) is 242 cm³/mol. The molecule has 1 unspecified atom stereocenters. The summed E-state index contributed by atoms with van der Waals surface area (Å²) in [5.41, 5.74) is 2.56. The number of carbonyl (C=O) groups excluding carboxylic acids is 2. The van der Waals surface area contributed by atoms with Gasteiger partial charge in [-0.15, -0.1) is 0 Å². The van der Waals surface area contributed by atoms with Crippen LogP contribution in [0.4, 0.5) is 0 Å². The Morgan fingerprint density at radius 3 is 1.93 bits per heavy atom. The quantitative estimate of drug-likeness (QED) is 0.0163. The zero-order valence-corrected chi connectivity index (χ0v) is 39.7. The fourth-order valence-electron chi connectivity index (χ4n) is 6.26. The van der Waals surface area contributed by atoms with Gasteiger partial charge < -0.3 is 42.5 Å². The summed E-state index contributed by atoms with van der Waals surface area (Å²) in [7, 11) is 0.994. The first-order valence-corrected chi connectivity index (χ1v) is 24.4. The molecule has 0 radical (unpaired) electrons. The largest absolute Gasteiger partial charge is 0.756 e. The molecule has 350 valence electrons. The molecule has 0 saturated heterocycles. The third kappa shape index (κ3) is 30.8. The molecule has 0 bridgehead atoms. The van der Waals surface area contributed by atoms with Crippen molar-refractivity contribution in [3.63, 3.8) is 0 Å². The Kier molecular flexibility index (Phi) is 31.0. The Balaban J connectivity index is 2.49. The molecule has 12 nitrogen and oxygen atoms in total. The van der Waals surface area contributed by atoms with Gasteiger partial charge >= 0.3 is 11.9 Å². The third-order valence-electron chi connectivity index (χ3n) is 10.2. The molecule has 0 amide bonds. The molecule has 0 aliphatic rings. The number of nitrogens with zero attached hydrogens (tertiary/aromatic N) is 1. The van der Waals surface area contributed by atoms with E-state index in [1.54, 1.807) is 36.5 Å². The lowest BCUT2D eigenvalue weighted by Crippen LogP contribution is -2.37. The van der Waals surface area contributed by atoms with Crippen molar-refractivity contribution >= 4 is 19.8 Å². The van der Waals surface area contributed by atoms with E-state index >= 15 is 0 Å². The Labute approximate surface area is 368 Å². The SMILES string of the molecule is CCCCC/C=C\C[C@@H](O)/C=C/C=C/C=C\[C@@H](O)CCCC(=O)OC[C@H](COP(=O)([O-])OCC[N+](C)(C)C)OC(=O)CCCCCCCCc1oc(CCCCC)c(C)c1C. The molecule has 0 spiro atoms. The van der Waals surface area contributed by atoms with Gasteiger partial charge in [0.1, 0.15) is 31.3 Å². The molecule has 61 heavy (non-hydrogen) atoms. The first-order chi connectivity index (χ1) is 29.1. The van der Waals surface area contributed by atoms with Crippen molar-refractivity contribution in [2.45, 2.75) is 174 Å². The van der Waals surface area contributed by atoms with Crippen LogP contribution >= 0.6 is 7.82 Å². The summed E-state index contributed by atoms with van der Waals surface area (Å²) < 4.78 is 40.0. The maximum absolute atomic E-state index is 12.8. The number of likely N-dealkylation sites (N-methyl/N-ethyl adjacent to an activating group) is 1. The number of quaternary nitrogens is 1. The highest BCUT2D eigenvalue weighted by molar-refractivity contribution is 7.45. The molecule has 0 fully saturated rings. The number of aryl methyl sites for hydroxylation is 2. The van der Waals surface area contributed by atoms with E-state index < -0.39 is 44.7 Å². The number of hydrogen-bond acceptors (Lipinski definition) is 11. The van der Waals surface area contributed by atoms with E-state index in [4.69, 9.17) is 22.9 Å². The minimum absolute atomic E-state index is 0.00496. The maximum atomic E-state index is 12.8. The lowest BCUT2D eigenvalue weighted by molar-refractivity contribution is -0.870. The Morgan fingerprint density at radius 1 is 0.721 bits per heavy atom. The van der Waals surface area contributed by atoms with Crippen LogP contribution < -0.4 is 4.89 Å². The first-order valence-electron chi connectivity index (χ1n) is 22.9. The average Bonchev–Trinajstić information content (AvgIpc) is 3.46. The topological polar surface area (TPSA) is 165 Å². The third-order valence-corrected chi connectivity index (χ3v) is 11.2. The monoisotopic (exact) mass is 880 g/mol. The van der Waals surface area contributed by atoms with Crippen molar-refractivity contribution in [2.24, 2.45) is 0 Å². The summed E-state index contributed by atoms with van der Waals surface area (Å²) in [6, 6.07) is 0. The molecule has 0 aliphatic carbocycles. The van der Waals surface area contributed by atoms with Crippen LogP contribution in [0.15, 0.2) is 53.0 Å². The van der Waals surface area contributed by atoms with Crippen LogP contribution in [0.5, 0.6) is 0 Å². The minimum atomic E-state index is -4.70. The van der Waals surface area contributed by atoms with E-state index in [0.717, 1.165) is 69.3 Å². The number of rotatable bonds is 37. The highest BCUT2D eigenvalue weighted by Crippen LogP contribution is 2.38. The van der Waals surface area contributed by atoms with E-state index in [9.17, 15) is 29.3 Å². The Hall–Kier alpha value is -2.83. The van der Waals surface area contributed by atoms with Crippen LogP contribution in [-0.4, -0.2) is 92.5 Å². The van der Waals surface area contributed by atoms with Crippen molar-refractivity contribution in [3.05, 3.63) is 71.3 Å². The van der Waals surface area contributed by atoms with Gasteiger partial charge in [-0.1, -0.05) is 114 Å². The molecular weight excluding hydrogens is 797 g/mol. The van der Waals surface area contributed by atoms with E-state index in [1.807, 2.05) is 27.2 Å². The van der Waals surface area contributed by atoms with Crippen LogP contribution in [0.1, 0.15) is 152 Å². The van der Waals surface area contributed by atoms with E-state index in [-0.39, 0.29) is 26.1 Å². The molecule has 1 aromatic rings. The summed E-state index contributed by atoms with van der Waals surface area (Å²) in [5.74, 6) is 1.12. The zero-order valence-electron chi connectivity index (χ0n) is 38.8. The zero-order chi connectivity index (χ0) is 45.4. The van der Waals surface area contributed by atoms with Gasteiger partial charge in [0.2, 0.25) is 0 Å². The summed E-state index contributed by atoms with van der Waals surface area (Å²) >= 11 is 0. The lowest BCUT2D eigenvalue weighted by Gasteiger charge is -2.28. The van der Waals surface area contributed by atoms with Crippen LogP contribution in [0.25, 0.3) is 0 Å². The fourth-order valence-corrected chi connectivity index (χ4v) is 6.99. The molecule has 1 heterocycles. The summed E-state index contributed by atoms with van der Waals surface area (Å²) in [6.45, 7) is 8.09. The molecule has 1 rings (SSSR count). The second-order valence-electron chi connectivity index (χ2n) is 17.0. The minimum Gasteiger partial charge on any atom is -0.756 e. The molecule has 0 aliphatic heterocycles. The number of ether oxygens (including phenoxy) is 2. The van der Waals surface area contributed by atoms with Gasteiger partial charge in [0.05, 0.1) is 40.0 Å². The second kappa shape index (κ2) is 33.7. The van der Waals surface area contributed by atoms with Gasteiger partial charge in [-0.05, 0) is 76.3 Å². The van der Waals surface area contributed by atoms with Crippen molar-refractivity contribution in [3.8, 4) is 0 Å². The van der Waals surface area contributed by atoms with Gasteiger partial charge in [0, 0.05) is 25.7 Å². The number of carbonyl (C=O) groups is 2. The van der Waals surface area contributed by atoms with Gasteiger partial charge in [-0.2, -0.15) is 0 Å². The number of aliphatic hydroxyl groups is 2. The smallest absolute Gasteiger partial charge is 0.306 e. The summed E-state index contributed by atoms with van der Waals surface area (Å²) in [5, 5.41) is 20.3. The van der Waals surface area contributed by atoms with Crippen LogP contribution in [0.2, 0.25) is 0 Å². The molecule has 13 heteroatoms. The molecular formula is C48H82NO11P. The number of furan rings is 1. The number of allylic oxidation sites excluding steroid dienone is 5.